The summed E-state index contributed by atoms with van der Waals surface area (Å²) in [6.07, 6.45) is 13.4. The molecule has 0 aliphatic heterocycles. The molecule has 0 saturated carbocycles. The molecule has 2 aromatic rings. The van der Waals surface area contributed by atoms with Crippen LogP contribution in [0.4, 0.5) is 5.82 Å². The molecule has 1 aliphatic rings. The smallest absolute Gasteiger partial charge is 0.191 e. The van der Waals surface area contributed by atoms with Gasteiger partial charge in [-0.05, 0) is 26.1 Å². The van der Waals surface area contributed by atoms with Gasteiger partial charge in [-0.2, -0.15) is 0 Å². The van der Waals surface area contributed by atoms with Crippen molar-refractivity contribution in [2.24, 2.45) is 0 Å². The van der Waals surface area contributed by atoms with Crippen LogP contribution in [0.2, 0.25) is 0 Å². The molecule has 2 heterocycles. The second-order valence-corrected chi connectivity index (χ2v) is 6.96. The van der Waals surface area contributed by atoms with Crippen molar-refractivity contribution in [1.29, 1.82) is 0 Å². The van der Waals surface area contributed by atoms with E-state index in [9.17, 15) is 0 Å². The van der Waals surface area contributed by atoms with Crippen LogP contribution in [-0.4, -0.2) is 50.8 Å². The van der Waals surface area contributed by atoms with Gasteiger partial charge in [0.2, 0.25) is 0 Å². The number of nitrogens with zero attached hydrogens (tertiary/aromatic N) is 5. The Kier molecular flexibility index (Phi) is 5.32. The van der Waals surface area contributed by atoms with Crippen molar-refractivity contribution in [2.45, 2.75) is 18.1 Å². The Hall–Kier alpha value is -2.12. The lowest BCUT2D eigenvalue weighted by Gasteiger charge is -2.09. The standard InChI is InChI=1S/C17H22N6S/c1-22(2)9-10-24-17-20-15(18)14-16(21-17)23(12-19-14)11-13-7-5-3-4-6-8-13/h3,5-8,12H,4,9-11H2,1-2H3,(H2,18,20,21). The van der Waals surface area contributed by atoms with Gasteiger partial charge in [-0.3, -0.25) is 0 Å². The van der Waals surface area contributed by atoms with E-state index in [1.54, 1.807) is 18.1 Å². The lowest BCUT2D eigenvalue weighted by atomic mass is 10.2. The Morgan fingerprint density at radius 2 is 2.17 bits per heavy atom. The summed E-state index contributed by atoms with van der Waals surface area (Å²) < 4.78 is 2.03. The predicted molar refractivity (Wildman–Crippen MR) is 100.0 cm³/mol. The number of imidazole rings is 1. The summed E-state index contributed by atoms with van der Waals surface area (Å²) in [4.78, 5) is 15.6. The van der Waals surface area contributed by atoms with Gasteiger partial charge >= 0.3 is 0 Å². The lowest BCUT2D eigenvalue weighted by Crippen LogP contribution is -2.15. The molecular formula is C17H22N6S. The summed E-state index contributed by atoms with van der Waals surface area (Å²) in [5, 5.41) is 0.703. The molecule has 6 nitrogen and oxygen atoms in total. The van der Waals surface area contributed by atoms with Crippen LogP contribution < -0.4 is 5.73 Å². The highest BCUT2D eigenvalue weighted by Gasteiger charge is 2.12. The fraction of sp³-hybridized carbons (Fsp3) is 0.353. The average molecular weight is 342 g/mol. The van der Waals surface area contributed by atoms with Gasteiger partial charge in [0.25, 0.3) is 0 Å². The summed E-state index contributed by atoms with van der Waals surface area (Å²) in [5.74, 6) is 1.36. The van der Waals surface area contributed by atoms with Crippen LogP contribution in [0.15, 0.2) is 47.4 Å². The van der Waals surface area contributed by atoms with E-state index in [0.717, 1.165) is 30.9 Å². The Labute approximate surface area is 146 Å². The number of aromatic nitrogens is 4. The van der Waals surface area contributed by atoms with Gasteiger partial charge < -0.3 is 15.2 Å². The number of hydrogen-bond acceptors (Lipinski definition) is 6. The zero-order chi connectivity index (χ0) is 16.9. The third-order valence-corrected chi connectivity index (χ3v) is 4.47. The van der Waals surface area contributed by atoms with Gasteiger partial charge in [-0.15, -0.1) is 0 Å². The third kappa shape index (κ3) is 4.04. The van der Waals surface area contributed by atoms with E-state index in [1.165, 1.54) is 5.57 Å². The van der Waals surface area contributed by atoms with Gasteiger partial charge in [0.15, 0.2) is 16.6 Å². The summed E-state index contributed by atoms with van der Waals surface area (Å²) in [6.45, 7) is 1.69. The molecule has 0 atom stereocenters. The van der Waals surface area contributed by atoms with Crippen LogP contribution in [0.1, 0.15) is 6.42 Å². The minimum Gasteiger partial charge on any atom is -0.382 e. The minimum atomic E-state index is 0.441. The van der Waals surface area contributed by atoms with Crippen molar-refractivity contribution >= 4 is 28.7 Å². The van der Waals surface area contributed by atoms with Gasteiger partial charge in [0, 0.05) is 12.3 Å². The van der Waals surface area contributed by atoms with E-state index in [4.69, 9.17) is 5.73 Å². The fourth-order valence-electron chi connectivity index (χ4n) is 2.37. The second-order valence-electron chi connectivity index (χ2n) is 5.90. The first-order valence-electron chi connectivity index (χ1n) is 7.91. The van der Waals surface area contributed by atoms with Crippen molar-refractivity contribution in [3.05, 3.63) is 42.3 Å². The highest BCUT2D eigenvalue weighted by atomic mass is 32.2. The van der Waals surface area contributed by atoms with Crippen molar-refractivity contribution in [3.8, 4) is 0 Å². The molecule has 0 spiro atoms. The molecular weight excluding hydrogens is 320 g/mol. The van der Waals surface area contributed by atoms with Crippen LogP contribution in [0, 0.1) is 0 Å². The number of allylic oxidation sites excluding steroid dienone is 6. The quantitative estimate of drug-likeness (QED) is 0.642. The molecule has 7 heteroatoms. The van der Waals surface area contributed by atoms with Crippen LogP contribution in [0.3, 0.4) is 0 Å². The van der Waals surface area contributed by atoms with Gasteiger partial charge in [-0.25, -0.2) is 15.0 Å². The number of nitrogens with two attached hydrogens (primary N) is 1. The number of rotatable bonds is 6. The first-order valence-corrected chi connectivity index (χ1v) is 8.90. The van der Waals surface area contributed by atoms with E-state index < -0.39 is 0 Å². The average Bonchev–Trinajstić information content (AvgIpc) is 2.77. The monoisotopic (exact) mass is 342 g/mol. The SMILES string of the molecule is CN(C)CCSc1nc(N)c2ncn(CC3=CC=CCC=C3)c2n1. The van der Waals surface area contributed by atoms with Crippen LogP contribution >= 0.6 is 11.8 Å². The highest BCUT2D eigenvalue weighted by Crippen LogP contribution is 2.22. The van der Waals surface area contributed by atoms with E-state index in [-0.39, 0.29) is 0 Å². The Morgan fingerprint density at radius 3 is 3.00 bits per heavy atom. The lowest BCUT2D eigenvalue weighted by molar-refractivity contribution is 0.437. The summed E-state index contributed by atoms with van der Waals surface area (Å²) in [7, 11) is 4.10. The molecule has 3 rings (SSSR count). The van der Waals surface area contributed by atoms with E-state index in [0.29, 0.717) is 16.5 Å². The molecule has 2 N–H and O–H groups in total. The number of thioether (sulfide) groups is 1. The molecule has 0 amide bonds. The molecule has 0 radical (unpaired) electrons. The van der Waals surface area contributed by atoms with Crippen LogP contribution in [0.25, 0.3) is 11.2 Å². The summed E-state index contributed by atoms with van der Waals surface area (Å²) in [5.41, 5.74) is 8.74. The zero-order valence-corrected chi connectivity index (χ0v) is 14.8. The number of fused-ring (bicyclic) bond motifs is 1. The molecule has 0 fully saturated rings. The number of anilines is 1. The molecule has 0 aromatic carbocycles. The Bertz CT molecular complexity index is 803. The molecule has 1 aliphatic carbocycles. The van der Waals surface area contributed by atoms with Crippen molar-refractivity contribution in [2.75, 3.05) is 32.1 Å². The van der Waals surface area contributed by atoms with Gasteiger partial charge in [0.05, 0.1) is 12.9 Å². The van der Waals surface area contributed by atoms with E-state index in [1.807, 2.05) is 4.57 Å². The molecule has 24 heavy (non-hydrogen) atoms. The van der Waals surface area contributed by atoms with Crippen molar-refractivity contribution in [3.63, 3.8) is 0 Å². The maximum atomic E-state index is 6.07. The zero-order valence-electron chi connectivity index (χ0n) is 14.0. The van der Waals surface area contributed by atoms with Gasteiger partial charge in [0.1, 0.15) is 5.52 Å². The molecule has 0 bridgehead atoms. The van der Waals surface area contributed by atoms with Crippen molar-refractivity contribution < 1.29 is 0 Å². The van der Waals surface area contributed by atoms with E-state index in [2.05, 4.69) is 64.3 Å². The summed E-state index contributed by atoms with van der Waals surface area (Å²) in [6, 6.07) is 0. The largest absolute Gasteiger partial charge is 0.382 e. The fourth-order valence-corrected chi connectivity index (χ4v) is 3.32. The molecule has 0 unspecified atom stereocenters. The normalized spacial score (nSPS) is 14.4. The molecule has 126 valence electrons. The molecule has 2 aromatic heterocycles. The van der Waals surface area contributed by atoms with Crippen molar-refractivity contribution in [1.82, 2.24) is 24.4 Å². The van der Waals surface area contributed by atoms with Gasteiger partial charge in [-0.1, -0.05) is 42.1 Å². The number of hydrogen-bond donors (Lipinski definition) is 1. The topological polar surface area (TPSA) is 72.9 Å². The Balaban J connectivity index is 1.85. The van der Waals surface area contributed by atoms with Crippen LogP contribution in [0.5, 0.6) is 0 Å². The maximum Gasteiger partial charge on any atom is 0.191 e. The highest BCUT2D eigenvalue weighted by molar-refractivity contribution is 7.99. The third-order valence-electron chi connectivity index (χ3n) is 3.64. The number of nitrogen functional groups attached to an aromatic ring is 1. The van der Waals surface area contributed by atoms with E-state index >= 15 is 0 Å². The second kappa shape index (κ2) is 7.63. The molecule has 0 saturated heterocycles. The first kappa shape index (κ1) is 16.7. The Morgan fingerprint density at radius 1 is 1.29 bits per heavy atom. The predicted octanol–water partition coefficient (Wildman–Crippen LogP) is 2.50. The minimum absolute atomic E-state index is 0.441. The maximum absolute atomic E-state index is 6.07. The first-order chi connectivity index (χ1) is 11.6. The van der Waals surface area contributed by atoms with Crippen LogP contribution in [-0.2, 0) is 6.54 Å². The summed E-state index contributed by atoms with van der Waals surface area (Å²) >= 11 is 1.61.